The van der Waals surface area contributed by atoms with E-state index in [0.29, 0.717) is 3.57 Å². The third kappa shape index (κ3) is 5.01. The van der Waals surface area contributed by atoms with Gasteiger partial charge < -0.3 is 10.1 Å². The molecule has 3 aromatic rings. The number of ether oxygens (including phenoxy) is 1. The van der Waals surface area contributed by atoms with Crippen molar-refractivity contribution < 1.29 is 39.5 Å². The van der Waals surface area contributed by atoms with Gasteiger partial charge in [-0.05, 0) is 71.1 Å². The van der Waals surface area contributed by atoms with Crippen molar-refractivity contribution >= 4 is 49.8 Å². The Kier molecular flexibility index (Phi) is 6.08. The molecular formula is C20H12F6IN3O3S. The molecular weight excluding hydrogens is 603 g/mol. The van der Waals surface area contributed by atoms with Crippen LogP contribution in [-0.2, 0) is 22.7 Å². The molecule has 0 unspecified atom stereocenters. The summed E-state index contributed by atoms with van der Waals surface area (Å²) in [7, 11) is -4.35. The van der Waals surface area contributed by atoms with E-state index in [-0.39, 0.29) is 34.2 Å². The topological polar surface area (TPSA) is 71.5 Å². The molecule has 1 aliphatic heterocycles. The maximum Gasteiger partial charge on any atom is 0.573 e. The van der Waals surface area contributed by atoms with E-state index in [0.717, 1.165) is 40.7 Å². The predicted molar refractivity (Wildman–Crippen MR) is 118 cm³/mol. The Hall–Kier alpha value is -2.75. The molecule has 14 heteroatoms. The second kappa shape index (κ2) is 8.48. The van der Waals surface area contributed by atoms with Gasteiger partial charge in [0.15, 0.2) is 0 Å². The normalized spacial score (nSPS) is 14.0. The first-order chi connectivity index (χ1) is 15.7. The largest absolute Gasteiger partial charge is 0.573 e. The molecule has 0 bridgehead atoms. The van der Waals surface area contributed by atoms with Crippen molar-refractivity contribution in [1.29, 1.82) is 0 Å². The minimum atomic E-state index is -4.95. The number of nitrogens with one attached hydrogen (secondary N) is 1. The Bertz CT molecular complexity index is 1350. The summed E-state index contributed by atoms with van der Waals surface area (Å²) in [5.74, 6) is -0.767. The minimum absolute atomic E-state index is 0.133. The maximum absolute atomic E-state index is 13.5. The molecule has 34 heavy (non-hydrogen) atoms. The molecule has 0 fully saturated rings. The van der Waals surface area contributed by atoms with Crippen LogP contribution in [0.3, 0.4) is 0 Å². The number of benzene rings is 2. The molecule has 2 aromatic carbocycles. The first kappa shape index (κ1) is 24.4. The minimum Gasteiger partial charge on any atom is -0.406 e. The fourth-order valence-electron chi connectivity index (χ4n) is 3.22. The molecule has 4 rings (SSSR count). The second-order valence-electron chi connectivity index (χ2n) is 7.02. The lowest BCUT2D eigenvalue weighted by molar-refractivity contribution is -0.274. The van der Waals surface area contributed by atoms with Crippen LogP contribution in [0.15, 0.2) is 59.5 Å². The molecule has 1 N–H and O–H groups in total. The van der Waals surface area contributed by atoms with Crippen LogP contribution in [0.2, 0.25) is 0 Å². The highest BCUT2D eigenvalue weighted by Crippen LogP contribution is 2.40. The van der Waals surface area contributed by atoms with Crippen molar-refractivity contribution in [3.63, 3.8) is 0 Å². The van der Waals surface area contributed by atoms with Crippen LogP contribution in [0.25, 0.3) is 0 Å². The molecule has 0 atom stereocenters. The molecule has 0 spiro atoms. The molecule has 0 amide bonds. The van der Waals surface area contributed by atoms with Gasteiger partial charge in [0, 0.05) is 9.13 Å². The number of pyridine rings is 1. The molecule has 0 radical (unpaired) electrons. The van der Waals surface area contributed by atoms with Gasteiger partial charge in [-0.2, -0.15) is 13.2 Å². The Morgan fingerprint density at radius 1 is 0.971 bits per heavy atom. The number of hydrogen-bond acceptors (Lipinski definition) is 5. The van der Waals surface area contributed by atoms with Crippen molar-refractivity contribution in [3.05, 3.63) is 69.4 Å². The quantitative estimate of drug-likeness (QED) is 0.287. The number of nitrogens with zero attached hydrogens (tertiary/aromatic N) is 2. The van der Waals surface area contributed by atoms with Crippen molar-refractivity contribution in [2.24, 2.45) is 0 Å². The summed E-state index contributed by atoms with van der Waals surface area (Å²) in [6.07, 6.45) is -9.65. The summed E-state index contributed by atoms with van der Waals surface area (Å²) < 4.78 is 109. The van der Waals surface area contributed by atoms with E-state index < -0.39 is 34.0 Å². The van der Waals surface area contributed by atoms with Gasteiger partial charge in [0.2, 0.25) is 0 Å². The lowest BCUT2D eigenvalue weighted by atomic mass is 10.2. The van der Waals surface area contributed by atoms with E-state index in [1.165, 1.54) is 12.1 Å². The molecule has 0 saturated carbocycles. The molecule has 6 nitrogen and oxygen atoms in total. The van der Waals surface area contributed by atoms with Crippen molar-refractivity contribution in [3.8, 4) is 5.75 Å². The number of hydrogen-bond donors (Lipinski definition) is 1. The Balaban J connectivity index is 1.80. The van der Waals surface area contributed by atoms with Crippen LogP contribution >= 0.6 is 22.6 Å². The van der Waals surface area contributed by atoms with Gasteiger partial charge in [-0.25, -0.2) is 13.4 Å². The maximum atomic E-state index is 13.5. The Morgan fingerprint density at radius 3 is 2.26 bits per heavy atom. The lowest BCUT2D eigenvalue weighted by Gasteiger charge is -2.24. The van der Waals surface area contributed by atoms with E-state index >= 15 is 0 Å². The summed E-state index contributed by atoms with van der Waals surface area (Å²) in [5.41, 5.74) is -0.664. The fourth-order valence-corrected chi connectivity index (χ4v) is 5.15. The smallest absolute Gasteiger partial charge is 0.406 e. The van der Waals surface area contributed by atoms with Crippen LogP contribution in [-0.4, -0.2) is 19.8 Å². The van der Waals surface area contributed by atoms with Gasteiger partial charge in [0.25, 0.3) is 10.0 Å². The molecule has 180 valence electrons. The van der Waals surface area contributed by atoms with Crippen molar-refractivity contribution in [1.82, 2.24) is 4.98 Å². The number of halogens is 7. The monoisotopic (exact) mass is 615 g/mol. The highest BCUT2D eigenvalue weighted by molar-refractivity contribution is 14.1. The third-order valence-electron chi connectivity index (χ3n) is 4.71. The third-order valence-corrected chi connectivity index (χ3v) is 7.15. The molecule has 0 aliphatic carbocycles. The number of fused-ring (bicyclic) bond motifs is 2. The van der Waals surface area contributed by atoms with Crippen LogP contribution < -0.4 is 14.4 Å². The summed E-state index contributed by atoms with van der Waals surface area (Å²) in [6.45, 7) is -0.371. The highest BCUT2D eigenvalue weighted by atomic mass is 127. The zero-order valence-corrected chi connectivity index (χ0v) is 19.6. The first-order valence-corrected chi connectivity index (χ1v) is 11.8. The predicted octanol–water partition coefficient (Wildman–Crippen LogP) is 6.06. The van der Waals surface area contributed by atoms with Gasteiger partial charge >= 0.3 is 12.5 Å². The van der Waals surface area contributed by atoms with Gasteiger partial charge in [-0.1, -0.05) is 6.07 Å². The van der Waals surface area contributed by atoms with E-state index in [1.54, 1.807) is 6.07 Å². The van der Waals surface area contributed by atoms with Crippen LogP contribution in [0.4, 0.5) is 43.5 Å². The van der Waals surface area contributed by atoms with Gasteiger partial charge in [-0.15, -0.1) is 13.2 Å². The SMILES string of the molecule is O=S(=O)(c1ccc(OC(F)(F)F)cc1)N1Cc2ccc(C(F)(F)F)nc2Nc2ccc(I)cc21. The second-order valence-corrected chi connectivity index (χ2v) is 10.1. The van der Waals surface area contributed by atoms with Crippen LogP contribution in [0.5, 0.6) is 5.75 Å². The van der Waals surface area contributed by atoms with Crippen molar-refractivity contribution in [2.45, 2.75) is 24.0 Å². The molecule has 2 heterocycles. The molecule has 1 aromatic heterocycles. The van der Waals surface area contributed by atoms with E-state index in [1.807, 2.05) is 22.6 Å². The average molecular weight is 615 g/mol. The lowest BCUT2D eigenvalue weighted by Crippen LogP contribution is -2.30. The van der Waals surface area contributed by atoms with Crippen LogP contribution in [0.1, 0.15) is 11.3 Å². The number of rotatable bonds is 3. The summed E-state index contributed by atoms with van der Waals surface area (Å²) in [4.78, 5) is 3.28. The van der Waals surface area contributed by atoms with Crippen molar-refractivity contribution in [2.75, 3.05) is 9.62 Å². The molecule has 0 saturated heterocycles. The Morgan fingerprint density at radius 2 is 1.65 bits per heavy atom. The summed E-state index contributed by atoms with van der Waals surface area (Å²) >= 11 is 1.95. The first-order valence-electron chi connectivity index (χ1n) is 9.26. The fraction of sp³-hybridized carbons (Fsp3) is 0.150. The number of aromatic nitrogens is 1. The Labute approximate surface area is 202 Å². The van der Waals surface area contributed by atoms with Gasteiger partial charge in [0.1, 0.15) is 17.3 Å². The molecule has 1 aliphatic rings. The zero-order valence-electron chi connectivity index (χ0n) is 16.6. The summed E-state index contributed by atoms with van der Waals surface area (Å²) in [5, 5.41) is 2.77. The van der Waals surface area contributed by atoms with E-state index in [4.69, 9.17) is 0 Å². The summed E-state index contributed by atoms with van der Waals surface area (Å²) in [6, 6.07) is 10.1. The van der Waals surface area contributed by atoms with Gasteiger partial charge in [-0.3, -0.25) is 4.31 Å². The van der Waals surface area contributed by atoms with E-state index in [2.05, 4.69) is 15.0 Å². The number of anilines is 3. The average Bonchev–Trinajstić information content (AvgIpc) is 2.88. The number of sulfonamides is 1. The van der Waals surface area contributed by atoms with Gasteiger partial charge in [0.05, 0.1) is 22.8 Å². The van der Waals surface area contributed by atoms with Crippen LogP contribution in [0, 0.1) is 3.57 Å². The van der Waals surface area contributed by atoms with E-state index in [9.17, 15) is 34.8 Å². The zero-order chi connectivity index (χ0) is 24.9. The number of alkyl halides is 6. The highest BCUT2D eigenvalue weighted by Gasteiger charge is 2.36. The standard InChI is InChI=1S/C20H12F6IN3O3S/c21-19(22,23)17-8-1-11-10-30(16-9-12(27)2-7-15(16)28-18(11)29-17)34(31,32)14-5-3-13(4-6-14)33-20(24,25)26/h1-9H,10H2,(H,28,29).